The van der Waals surface area contributed by atoms with Gasteiger partial charge in [-0.2, -0.15) is 4.31 Å². The quantitative estimate of drug-likeness (QED) is 0.457. The van der Waals surface area contributed by atoms with E-state index in [-0.39, 0.29) is 27.2 Å². The molecule has 0 aliphatic rings. The zero-order chi connectivity index (χ0) is 22.6. The van der Waals surface area contributed by atoms with Crippen LogP contribution in [0.1, 0.15) is 5.56 Å². The van der Waals surface area contributed by atoms with E-state index >= 15 is 0 Å². The third-order valence-electron chi connectivity index (χ3n) is 4.25. The topological polar surface area (TPSA) is 66.5 Å². The highest BCUT2D eigenvalue weighted by Gasteiger charge is 2.27. The molecule has 0 fully saturated rings. The summed E-state index contributed by atoms with van der Waals surface area (Å²) in [6.07, 6.45) is 0. The smallest absolute Gasteiger partial charge is 0.243 e. The van der Waals surface area contributed by atoms with Gasteiger partial charge < -0.3 is 5.32 Å². The first-order valence-corrected chi connectivity index (χ1v) is 11.5. The number of rotatable bonds is 7. The number of carbonyl (C=O) groups is 1. The number of amides is 1. The highest BCUT2D eigenvalue weighted by atomic mass is 35.5. The van der Waals surface area contributed by atoms with Crippen LogP contribution in [-0.2, 0) is 21.4 Å². The molecule has 0 saturated carbocycles. The normalized spacial score (nSPS) is 11.5. The lowest BCUT2D eigenvalue weighted by Crippen LogP contribution is -2.37. The van der Waals surface area contributed by atoms with Gasteiger partial charge >= 0.3 is 0 Å². The number of anilines is 1. The summed E-state index contributed by atoms with van der Waals surface area (Å²) in [7, 11) is -4.01. The molecule has 1 N–H and O–H groups in total. The second kappa shape index (κ2) is 9.97. The Balaban J connectivity index is 1.88. The maximum absolute atomic E-state index is 13.3. The number of benzene rings is 3. The van der Waals surface area contributed by atoms with Crippen molar-refractivity contribution in [2.45, 2.75) is 11.4 Å². The standard InChI is InChI=1S/C21H16Cl3FN2O3S/c22-17-8-6-14(10-18(17)23)12-27(31(29,30)16-4-2-1-3-5-16)13-21(28)26-15-7-9-20(25)19(24)11-15/h1-11H,12-13H2,(H,26,28). The number of nitrogens with zero attached hydrogens (tertiary/aromatic N) is 1. The van der Waals surface area contributed by atoms with Crippen LogP contribution in [0.3, 0.4) is 0 Å². The summed E-state index contributed by atoms with van der Waals surface area (Å²) in [5, 5.41) is 2.96. The molecule has 0 unspecified atom stereocenters. The monoisotopic (exact) mass is 500 g/mol. The number of sulfonamides is 1. The lowest BCUT2D eigenvalue weighted by atomic mass is 10.2. The van der Waals surface area contributed by atoms with E-state index in [0.717, 1.165) is 10.4 Å². The molecule has 0 bridgehead atoms. The van der Waals surface area contributed by atoms with E-state index in [1.165, 1.54) is 30.3 Å². The predicted octanol–water partition coefficient (Wildman–Crippen LogP) is 5.62. The zero-order valence-electron chi connectivity index (χ0n) is 15.9. The molecule has 1 amide bonds. The predicted molar refractivity (Wildman–Crippen MR) is 121 cm³/mol. The highest BCUT2D eigenvalue weighted by molar-refractivity contribution is 7.89. The lowest BCUT2D eigenvalue weighted by molar-refractivity contribution is -0.116. The van der Waals surface area contributed by atoms with Gasteiger partial charge in [0, 0.05) is 12.2 Å². The maximum Gasteiger partial charge on any atom is 0.243 e. The Hall–Kier alpha value is -2.16. The highest BCUT2D eigenvalue weighted by Crippen LogP contribution is 2.25. The van der Waals surface area contributed by atoms with Crippen molar-refractivity contribution in [1.29, 1.82) is 0 Å². The number of hydrogen-bond acceptors (Lipinski definition) is 3. The van der Waals surface area contributed by atoms with Crippen molar-refractivity contribution in [2.24, 2.45) is 0 Å². The summed E-state index contributed by atoms with van der Waals surface area (Å²) >= 11 is 17.7. The van der Waals surface area contributed by atoms with Crippen LogP contribution in [0.2, 0.25) is 15.1 Å². The first kappa shape index (κ1) is 23.5. The number of nitrogens with one attached hydrogen (secondary N) is 1. The molecule has 0 aliphatic heterocycles. The fraction of sp³-hybridized carbons (Fsp3) is 0.0952. The van der Waals surface area contributed by atoms with Gasteiger partial charge in [-0.25, -0.2) is 12.8 Å². The summed E-state index contributed by atoms with van der Waals surface area (Å²) in [4.78, 5) is 12.6. The van der Waals surface area contributed by atoms with E-state index in [4.69, 9.17) is 34.8 Å². The van der Waals surface area contributed by atoms with Crippen molar-refractivity contribution in [3.05, 3.63) is 93.2 Å². The van der Waals surface area contributed by atoms with Crippen LogP contribution in [0, 0.1) is 5.82 Å². The molecule has 0 heterocycles. The fourth-order valence-electron chi connectivity index (χ4n) is 2.74. The molecule has 0 spiro atoms. The Morgan fingerprint density at radius 3 is 2.26 bits per heavy atom. The summed E-state index contributed by atoms with van der Waals surface area (Å²) in [5.74, 6) is -1.25. The summed E-state index contributed by atoms with van der Waals surface area (Å²) in [6, 6.07) is 16.1. The molecule has 0 aromatic heterocycles. The Kier molecular flexibility index (Phi) is 7.56. The second-order valence-electron chi connectivity index (χ2n) is 6.51. The van der Waals surface area contributed by atoms with E-state index in [0.29, 0.717) is 10.6 Å². The van der Waals surface area contributed by atoms with Crippen LogP contribution in [0.15, 0.2) is 71.6 Å². The van der Waals surface area contributed by atoms with Gasteiger partial charge in [0.25, 0.3) is 0 Å². The summed E-state index contributed by atoms with van der Waals surface area (Å²) in [6.45, 7) is -0.613. The van der Waals surface area contributed by atoms with Gasteiger partial charge in [0.05, 0.1) is 26.5 Å². The molecule has 0 radical (unpaired) electrons. The van der Waals surface area contributed by atoms with E-state index in [1.807, 2.05) is 0 Å². The third kappa shape index (κ3) is 5.96. The Morgan fingerprint density at radius 2 is 1.61 bits per heavy atom. The summed E-state index contributed by atoms with van der Waals surface area (Å²) < 4.78 is 40.7. The SMILES string of the molecule is O=C(CN(Cc1ccc(Cl)c(Cl)c1)S(=O)(=O)c1ccccc1)Nc1ccc(F)c(Cl)c1. The van der Waals surface area contributed by atoms with Gasteiger partial charge in [0.2, 0.25) is 15.9 Å². The first-order chi connectivity index (χ1) is 14.7. The van der Waals surface area contributed by atoms with Gasteiger partial charge in [-0.05, 0) is 48.0 Å². The lowest BCUT2D eigenvalue weighted by Gasteiger charge is -2.22. The zero-order valence-corrected chi connectivity index (χ0v) is 18.9. The molecule has 3 aromatic rings. The van der Waals surface area contributed by atoms with Crippen molar-refractivity contribution >= 4 is 56.4 Å². The Bertz CT molecular complexity index is 1210. The van der Waals surface area contributed by atoms with Crippen LogP contribution >= 0.6 is 34.8 Å². The van der Waals surface area contributed by atoms with E-state index < -0.39 is 28.3 Å². The van der Waals surface area contributed by atoms with E-state index in [2.05, 4.69) is 5.32 Å². The average molecular weight is 502 g/mol. The second-order valence-corrected chi connectivity index (χ2v) is 9.67. The molecule has 3 aromatic carbocycles. The van der Waals surface area contributed by atoms with Crippen molar-refractivity contribution in [3.8, 4) is 0 Å². The van der Waals surface area contributed by atoms with Gasteiger partial charge in [0.1, 0.15) is 5.82 Å². The van der Waals surface area contributed by atoms with E-state index in [1.54, 1.807) is 30.3 Å². The summed E-state index contributed by atoms with van der Waals surface area (Å²) in [5.41, 5.74) is 0.787. The Labute approximate surface area is 194 Å². The van der Waals surface area contributed by atoms with Gasteiger partial charge in [-0.1, -0.05) is 59.1 Å². The largest absolute Gasteiger partial charge is 0.325 e. The van der Waals surface area contributed by atoms with Crippen LogP contribution in [0.25, 0.3) is 0 Å². The van der Waals surface area contributed by atoms with Crippen LogP contribution in [0.4, 0.5) is 10.1 Å². The molecule has 0 saturated heterocycles. The molecule has 3 rings (SSSR count). The minimum absolute atomic E-state index is 0.0349. The minimum atomic E-state index is -4.01. The fourth-order valence-corrected chi connectivity index (χ4v) is 4.65. The van der Waals surface area contributed by atoms with Crippen LogP contribution < -0.4 is 5.32 Å². The molecule has 0 atom stereocenters. The number of carbonyl (C=O) groups excluding carboxylic acids is 1. The van der Waals surface area contributed by atoms with Crippen molar-refractivity contribution in [1.82, 2.24) is 4.31 Å². The van der Waals surface area contributed by atoms with Crippen LogP contribution in [-0.4, -0.2) is 25.2 Å². The molecule has 0 aliphatic carbocycles. The van der Waals surface area contributed by atoms with Gasteiger partial charge in [-0.15, -0.1) is 0 Å². The molecular weight excluding hydrogens is 486 g/mol. The molecular formula is C21H16Cl3FN2O3S. The third-order valence-corrected chi connectivity index (χ3v) is 7.08. The van der Waals surface area contributed by atoms with Crippen molar-refractivity contribution in [2.75, 3.05) is 11.9 Å². The van der Waals surface area contributed by atoms with Gasteiger partial charge in [0.15, 0.2) is 0 Å². The van der Waals surface area contributed by atoms with E-state index in [9.17, 15) is 17.6 Å². The first-order valence-electron chi connectivity index (χ1n) is 8.91. The van der Waals surface area contributed by atoms with Crippen molar-refractivity contribution < 1.29 is 17.6 Å². The van der Waals surface area contributed by atoms with Crippen LogP contribution in [0.5, 0.6) is 0 Å². The number of halogens is 4. The molecule has 162 valence electrons. The average Bonchev–Trinajstić information content (AvgIpc) is 2.73. The molecule has 31 heavy (non-hydrogen) atoms. The molecule has 5 nitrogen and oxygen atoms in total. The molecule has 10 heteroatoms. The maximum atomic E-state index is 13.3. The Morgan fingerprint density at radius 1 is 0.903 bits per heavy atom. The van der Waals surface area contributed by atoms with Gasteiger partial charge in [-0.3, -0.25) is 4.79 Å². The van der Waals surface area contributed by atoms with Crippen molar-refractivity contribution in [3.63, 3.8) is 0 Å². The number of hydrogen-bond donors (Lipinski definition) is 1. The minimum Gasteiger partial charge on any atom is -0.325 e.